The minimum atomic E-state index is -0.614. The molecule has 0 radical (unpaired) electrons. The molecule has 7 heteroatoms. The lowest BCUT2D eigenvalue weighted by molar-refractivity contribution is -0.139. The second-order valence-electron chi connectivity index (χ2n) is 5.66. The number of ether oxygens (including phenoxy) is 3. The molecule has 0 spiro atoms. The first kappa shape index (κ1) is 19.4. The number of aromatic nitrogens is 1. The molecule has 0 saturated carbocycles. The third kappa shape index (κ3) is 3.51. The monoisotopic (exact) mass is 360 g/mol. The van der Waals surface area contributed by atoms with E-state index < -0.39 is 11.9 Å². The summed E-state index contributed by atoms with van der Waals surface area (Å²) in [5.74, 6) is -0.746. The Morgan fingerprint density at radius 3 is 2.38 bits per heavy atom. The number of anilines is 1. The molecule has 1 aromatic heterocycles. The zero-order valence-corrected chi connectivity index (χ0v) is 15.7. The molecule has 0 amide bonds. The average molecular weight is 360 g/mol. The summed E-state index contributed by atoms with van der Waals surface area (Å²) in [6.07, 6.45) is 1.15. The predicted octanol–water partition coefficient (Wildman–Crippen LogP) is 2.82. The van der Waals surface area contributed by atoms with Gasteiger partial charge >= 0.3 is 11.9 Å². The Kier molecular flexibility index (Phi) is 5.92. The molecule has 2 N–H and O–H groups in total. The molecule has 0 aliphatic carbocycles. The molecule has 140 valence electrons. The molecule has 2 aromatic rings. The molecule has 0 aliphatic rings. The highest BCUT2D eigenvalue weighted by atomic mass is 16.5. The minimum Gasteiger partial charge on any atom is -0.495 e. The third-order valence-electron chi connectivity index (χ3n) is 4.14. The van der Waals surface area contributed by atoms with Crippen molar-refractivity contribution in [1.29, 1.82) is 0 Å². The number of hydrogen-bond donors (Lipinski definition) is 1. The van der Waals surface area contributed by atoms with Gasteiger partial charge in [-0.3, -0.25) is 0 Å². The highest BCUT2D eigenvalue weighted by molar-refractivity contribution is 6.17. The predicted molar refractivity (Wildman–Crippen MR) is 99.9 cm³/mol. The lowest BCUT2D eigenvalue weighted by atomic mass is 10.1. The number of esters is 2. The zero-order chi connectivity index (χ0) is 19.4. The SMILES string of the molecule is CCOC(=O)/C=C(/C(=O)OCC)n1c(C)c(C)c2cc(N)c(OC)cc21. The van der Waals surface area contributed by atoms with Crippen LogP contribution >= 0.6 is 0 Å². The van der Waals surface area contributed by atoms with Crippen LogP contribution in [-0.2, 0) is 19.1 Å². The van der Waals surface area contributed by atoms with Crippen LogP contribution in [0.2, 0.25) is 0 Å². The summed E-state index contributed by atoms with van der Waals surface area (Å²) in [4.78, 5) is 24.5. The third-order valence-corrected chi connectivity index (χ3v) is 4.14. The number of nitrogen functional groups attached to an aromatic ring is 1. The van der Waals surface area contributed by atoms with Crippen LogP contribution in [0.15, 0.2) is 18.2 Å². The number of hydrogen-bond acceptors (Lipinski definition) is 6. The fraction of sp³-hybridized carbons (Fsp3) is 0.368. The second-order valence-corrected chi connectivity index (χ2v) is 5.66. The van der Waals surface area contributed by atoms with Crippen LogP contribution < -0.4 is 10.5 Å². The van der Waals surface area contributed by atoms with Gasteiger partial charge in [0.2, 0.25) is 0 Å². The van der Waals surface area contributed by atoms with Crippen molar-refractivity contribution in [3.8, 4) is 5.75 Å². The number of aryl methyl sites for hydroxylation is 1. The maximum absolute atomic E-state index is 12.5. The smallest absolute Gasteiger partial charge is 0.355 e. The molecule has 0 unspecified atom stereocenters. The van der Waals surface area contributed by atoms with E-state index in [1.54, 1.807) is 30.5 Å². The molecule has 0 bridgehead atoms. The van der Waals surface area contributed by atoms with Crippen molar-refractivity contribution in [3.63, 3.8) is 0 Å². The maximum Gasteiger partial charge on any atom is 0.355 e. The molecule has 7 nitrogen and oxygen atoms in total. The van der Waals surface area contributed by atoms with Crippen molar-refractivity contribution in [1.82, 2.24) is 4.57 Å². The van der Waals surface area contributed by atoms with Crippen molar-refractivity contribution < 1.29 is 23.8 Å². The van der Waals surface area contributed by atoms with Crippen molar-refractivity contribution in [2.45, 2.75) is 27.7 Å². The minimum absolute atomic E-state index is 0.0766. The molecule has 26 heavy (non-hydrogen) atoms. The fourth-order valence-electron chi connectivity index (χ4n) is 2.82. The standard InChI is InChI=1S/C19H24N2O5/c1-6-25-18(22)10-16(19(23)26-7-2)21-12(4)11(3)13-8-14(20)17(24-5)9-15(13)21/h8-10H,6-7,20H2,1-5H3/b16-10-. The Hall–Kier alpha value is -2.96. The molecule has 0 atom stereocenters. The lowest BCUT2D eigenvalue weighted by Crippen LogP contribution is -2.16. The largest absolute Gasteiger partial charge is 0.495 e. The van der Waals surface area contributed by atoms with Gasteiger partial charge < -0.3 is 24.5 Å². The summed E-state index contributed by atoms with van der Waals surface area (Å²) in [6.45, 7) is 7.58. The molecule has 0 fully saturated rings. The first-order valence-corrected chi connectivity index (χ1v) is 8.36. The van der Waals surface area contributed by atoms with Crippen LogP contribution in [0, 0.1) is 13.8 Å². The topological polar surface area (TPSA) is 92.8 Å². The highest BCUT2D eigenvalue weighted by Crippen LogP contribution is 2.35. The van der Waals surface area contributed by atoms with Crippen LogP contribution in [0.4, 0.5) is 5.69 Å². The van der Waals surface area contributed by atoms with E-state index in [9.17, 15) is 9.59 Å². The van der Waals surface area contributed by atoms with Gasteiger partial charge in [-0.15, -0.1) is 0 Å². The summed E-state index contributed by atoms with van der Waals surface area (Å²) in [6, 6.07) is 3.53. The van der Waals surface area contributed by atoms with Crippen LogP contribution in [0.3, 0.4) is 0 Å². The number of methoxy groups -OCH3 is 1. The Bertz CT molecular complexity index is 880. The second kappa shape index (κ2) is 7.95. The van der Waals surface area contributed by atoms with Crippen LogP contribution in [0.5, 0.6) is 5.75 Å². The quantitative estimate of drug-likeness (QED) is 0.484. The normalized spacial score (nSPS) is 11.5. The number of benzene rings is 1. The van der Waals surface area contributed by atoms with E-state index in [0.717, 1.165) is 22.7 Å². The van der Waals surface area contributed by atoms with Crippen LogP contribution in [0.25, 0.3) is 16.6 Å². The van der Waals surface area contributed by atoms with Gasteiger partial charge in [0.05, 0.1) is 37.6 Å². The van der Waals surface area contributed by atoms with Gasteiger partial charge in [-0.1, -0.05) is 0 Å². The van der Waals surface area contributed by atoms with Gasteiger partial charge in [-0.2, -0.15) is 0 Å². The lowest BCUT2D eigenvalue weighted by Gasteiger charge is -2.13. The number of nitrogens with zero attached hydrogens (tertiary/aromatic N) is 1. The average Bonchev–Trinajstić information content (AvgIpc) is 2.83. The van der Waals surface area contributed by atoms with E-state index >= 15 is 0 Å². The van der Waals surface area contributed by atoms with E-state index in [1.165, 1.54) is 7.11 Å². The van der Waals surface area contributed by atoms with Crippen molar-refractivity contribution in [2.75, 3.05) is 26.1 Å². The van der Waals surface area contributed by atoms with Gasteiger partial charge in [0.25, 0.3) is 0 Å². The van der Waals surface area contributed by atoms with Gasteiger partial charge in [0, 0.05) is 17.1 Å². The molecule has 2 rings (SSSR count). The van der Waals surface area contributed by atoms with Crippen LogP contribution in [0.1, 0.15) is 25.1 Å². The van der Waals surface area contributed by atoms with Crippen LogP contribution in [-0.4, -0.2) is 36.8 Å². The molecular weight excluding hydrogens is 336 g/mol. The number of fused-ring (bicyclic) bond motifs is 1. The first-order valence-electron chi connectivity index (χ1n) is 8.36. The maximum atomic E-state index is 12.5. The number of rotatable bonds is 6. The molecular formula is C19H24N2O5. The highest BCUT2D eigenvalue weighted by Gasteiger charge is 2.22. The Morgan fingerprint density at radius 1 is 1.15 bits per heavy atom. The summed E-state index contributed by atoms with van der Waals surface area (Å²) < 4.78 is 17.1. The molecule has 0 saturated heterocycles. The van der Waals surface area contributed by atoms with Crippen molar-refractivity contribution in [3.05, 3.63) is 29.5 Å². The Morgan fingerprint density at radius 2 is 1.81 bits per heavy atom. The van der Waals surface area contributed by atoms with Gasteiger partial charge in [-0.05, 0) is 39.3 Å². The zero-order valence-electron chi connectivity index (χ0n) is 15.7. The summed E-state index contributed by atoms with van der Waals surface area (Å²) in [5.41, 5.74) is 9.00. The van der Waals surface area contributed by atoms with E-state index in [0.29, 0.717) is 17.0 Å². The van der Waals surface area contributed by atoms with Gasteiger partial charge in [0.15, 0.2) is 0 Å². The Labute approximate surface area is 152 Å². The molecule has 1 aromatic carbocycles. The first-order chi connectivity index (χ1) is 12.3. The van der Waals surface area contributed by atoms with E-state index in [4.69, 9.17) is 19.9 Å². The van der Waals surface area contributed by atoms with E-state index in [1.807, 2.05) is 13.8 Å². The molecule has 0 aliphatic heterocycles. The molecule has 1 heterocycles. The summed E-state index contributed by atoms with van der Waals surface area (Å²) in [5, 5.41) is 0.861. The number of carbonyl (C=O) groups excluding carboxylic acids is 2. The summed E-state index contributed by atoms with van der Waals surface area (Å²) >= 11 is 0. The van der Waals surface area contributed by atoms with Crippen molar-refractivity contribution in [2.24, 2.45) is 0 Å². The van der Waals surface area contributed by atoms with Gasteiger partial charge in [-0.25, -0.2) is 9.59 Å². The van der Waals surface area contributed by atoms with E-state index in [2.05, 4.69) is 0 Å². The Balaban J connectivity index is 2.78. The van der Waals surface area contributed by atoms with E-state index in [-0.39, 0.29) is 18.9 Å². The van der Waals surface area contributed by atoms with Crippen molar-refractivity contribution >= 4 is 34.2 Å². The summed E-state index contributed by atoms with van der Waals surface area (Å²) in [7, 11) is 1.52. The fourth-order valence-corrected chi connectivity index (χ4v) is 2.82. The number of nitrogens with two attached hydrogens (primary N) is 1. The van der Waals surface area contributed by atoms with Gasteiger partial charge in [0.1, 0.15) is 11.4 Å². The number of carbonyl (C=O) groups is 2.